The van der Waals surface area contributed by atoms with Crippen LogP contribution in [0.15, 0.2) is 35.9 Å². The first-order valence-electron chi connectivity index (χ1n) is 11.8. The van der Waals surface area contributed by atoms with Crippen LogP contribution in [-0.2, 0) is 38.7 Å². The molecule has 1 aromatic rings. The van der Waals surface area contributed by atoms with E-state index in [1.807, 2.05) is 0 Å². The second kappa shape index (κ2) is 11.1. The van der Waals surface area contributed by atoms with Crippen molar-refractivity contribution in [3.05, 3.63) is 47.1 Å². The number of carbonyl (C=O) groups excluding carboxylic acids is 2. The minimum absolute atomic E-state index is 0.0130. The van der Waals surface area contributed by atoms with Crippen LogP contribution in [0, 0.1) is 0 Å². The van der Waals surface area contributed by atoms with E-state index >= 15 is 0 Å². The molecule has 0 N–H and O–H groups in total. The highest BCUT2D eigenvalue weighted by atomic mass is 32.2. The number of rotatable bonds is 9. The van der Waals surface area contributed by atoms with Crippen LogP contribution >= 0.6 is 0 Å². The van der Waals surface area contributed by atoms with Crippen LogP contribution in [0.3, 0.4) is 0 Å². The maximum absolute atomic E-state index is 13.5. The van der Waals surface area contributed by atoms with Crippen LogP contribution in [0.5, 0.6) is 5.75 Å². The molecule has 2 aliphatic rings. The zero-order valence-corrected chi connectivity index (χ0v) is 22.2. The molecular weight excluding hydrogens is 488 g/mol. The maximum atomic E-state index is 13.5. The molecule has 1 saturated heterocycles. The zero-order valence-electron chi connectivity index (χ0n) is 21.4. The van der Waals surface area contributed by atoms with E-state index in [0.717, 1.165) is 25.5 Å². The van der Waals surface area contributed by atoms with E-state index in [2.05, 4.69) is 6.58 Å². The standard InChI is InChI=1S/C26H34O9S/c1-16(24(27)31-5)22-19(12-14-33-21-9-7-8-13-32-21)18-11-10-17(35-36(6,29)30)15-20(18)23(22)25(28)34-26(2,3)4/h10-11,15,21,23H,1,7-9,12-14H2,2-6H3. The Kier molecular flexibility index (Phi) is 8.63. The second-order valence-corrected chi connectivity index (χ2v) is 11.4. The van der Waals surface area contributed by atoms with Crippen molar-refractivity contribution in [2.24, 2.45) is 0 Å². The highest BCUT2D eigenvalue weighted by Crippen LogP contribution is 2.48. The molecule has 0 bridgehead atoms. The number of benzene rings is 1. The molecule has 1 aromatic carbocycles. The van der Waals surface area contributed by atoms with E-state index in [0.29, 0.717) is 35.3 Å². The number of fused-ring (bicyclic) bond motifs is 1. The van der Waals surface area contributed by atoms with Crippen molar-refractivity contribution >= 4 is 27.6 Å². The lowest BCUT2D eigenvalue weighted by molar-refractivity contribution is -0.161. The molecule has 36 heavy (non-hydrogen) atoms. The van der Waals surface area contributed by atoms with Crippen LogP contribution in [0.1, 0.15) is 63.5 Å². The lowest BCUT2D eigenvalue weighted by Crippen LogP contribution is -2.29. The van der Waals surface area contributed by atoms with Crippen LogP contribution in [0.25, 0.3) is 5.57 Å². The number of hydrogen-bond donors (Lipinski definition) is 0. The monoisotopic (exact) mass is 522 g/mol. The van der Waals surface area contributed by atoms with Gasteiger partial charge in [0.15, 0.2) is 6.29 Å². The summed E-state index contributed by atoms with van der Waals surface area (Å²) in [6, 6.07) is 4.64. The Hall–Kier alpha value is -2.69. The van der Waals surface area contributed by atoms with Gasteiger partial charge < -0.3 is 23.1 Å². The van der Waals surface area contributed by atoms with Gasteiger partial charge in [0.05, 0.1) is 25.5 Å². The number of methoxy groups -OCH3 is 1. The second-order valence-electron chi connectivity index (χ2n) is 9.78. The molecule has 0 amide bonds. The Bertz CT molecular complexity index is 1150. The molecule has 9 nitrogen and oxygen atoms in total. The molecule has 2 unspecified atom stereocenters. The van der Waals surface area contributed by atoms with Gasteiger partial charge in [0.2, 0.25) is 0 Å². The molecule has 0 aromatic heterocycles. The Labute approximate surface area is 212 Å². The summed E-state index contributed by atoms with van der Waals surface area (Å²) in [7, 11) is -2.57. The quantitative estimate of drug-likeness (QED) is 0.271. The third-order valence-corrected chi connectivity index (χ3v) is 6.21. The minimum atomic E-state index is -3.80. The SMILES string of the molecule is C=C(C(=O)OC)C1=C(CCOC2CCCCO2)c2ccc(OS(C)(=O)=O)cc2C1C(=O)OC(C)(C)C. The number of carbonyl (C=O) groups is 2. The summed E-state index contributed by atoms with van der Waals surface area (Å²) in [5, 5.41) is 0. The third-order valence-electron chi connectivity index (χ3n) is 5.71. The first kappa shape index (κ1) is 27.9. The molecule has 1 fully saturated rings. The fourth-order valence-electron chi connectivity index (χ4n) is 4.36. The Morgan fingerprint density at radius 3 is 2.50 bits per heavy atom. The first-order chi connectivity index (χ1) is 16.8. The molecule has 1 aliphatic heterocycles. The van der Waals surface area contributed by atoms with Gasteiger partial charge in [0, 0.05) is 6.61 Å². The van der Waals surface area contributed by atoms with E-state index in [4.69, 9.17) is 23.1 Å². The lowest BCUT2D eigenvalue weighted by atomic mass is 9.90. The van der Waals surface area contributed by atoms with Crippen molar-refractivity contribution in [3.8, 4) is 5.75 Å². The molecule has 10 heteroatoms. The summed E-state index contributed by atoms with van der Waals surface area (Å²) in [5.41, 5.74) is 1.34. The van der Waals surface area contributed by atoms with Crippen LogP contribution in [-0.4, -0.2) is 58.8 Å². The number of esters is 2. The van der Waals surface area contributed by atoms with Gasteiger partial charge in [-0.2, -0.15) is 8.42 Å². The fraction of sp³-hybridized carbons (Fsp3) is 0.538. The van der Waals surface area contributed by atoms with Gasteiger partial charge in [-0.1, -0.05) is 12.6 Å². The average Bonchev–Trinajstić information content (AvgIpc) is 3.10. The molecular formula is C26H34O9S. The van der Waals surface area contributed by atoms with Gasteiger partial charge in [-0.25, -0.2) is 4.79 Å². The predicted octanol–water partition coefficient (Wildman–Crippen LogP) is 3.88. The van der Waals surface area contributed by atoms with Crippen molar-refractivity contribution in [1.29, 1.82) is 0 Å². The van der Waals surface area contributed by atoms with Crippen molar-refractivity contribution in [3.63, 3.8) is 0 Å². The third kappa shape index (κ3) is 6.96. The summed E-state index contributed by atoms with van der Waals surface area (Å²) in [5.74, 6) is -2.28. The molecule has 2 atom stereocenters. The largest absolute Gasteiger partial charge is 0.465 e. The smallest absolute Gasteiger partial charge is 0.337 e. The van der Waals surface area contributed by atoms with Crippen LogP contribution in [0.4, 0.5) is 0 Å². The maximum Gasteiger partial charge on any atom is 0.337 e. The summed E-state index contributed by atoms with van der Waals surface area (Å²) in [4.78, 5) is 26.0. The Morgan fingerprint density at radius 1 is 1.19 bits per heavy atom. The molecule has 198 valence electrons. The van der Waals surface area contributed by atoms with E-state index in [1.54, 1.807) is 26.8 Å². The summed E-state index contributed by atoms with van der Waals surface area (Å²) in [6.07, 6.45) is 3.79. The summed E-state index contributed by atoms with van der Waals surface area (Å²) < 4.78 is 50.7. The van der Waals surface area contributed by atoms with E-state index in [9.17, 15) is 18.0 Å². The Balaban J connectivity index is 2.06. The van der Waals surface area contributed by atoms with E-state index in [-0.39, 0.29) is 24.2 Å². The predicted molar refractivity (Wildman–Crippen MR) is 133 cm³/mol. The van der Waals surface area contributed by atoms with E-state index in [1.165, 1.54) is 19.2 Å². The van der Waals surface area contributed by atoms with E-state index < -0.39 is 33.6 Å². The van der Waals surface area contributed by atoms with Crippen LogP contribution < -0.4 is 4.18 Å². The van der Waals surface area contributed by atoms with Gasteiger partial charge in [-0.3, -0.25) is 4.79 Å². The fourth-order valence-corrected chi connectivity index (χ4v) is 4.81. The minimum Gasteiger partial charge on any atom is -0.465 e. The van der Waals surface area contributed by atoms with Crippen molar-refractivity contribution < 1.29 is 41.1 Å². The van der Waals surface area contributed by atoms with Gasteiger partial charge in [0.1, 0.15) is 17.3 Å². The van der Waals surface area contributed by atoms with Gasteiger partial charge in [0.25, 0.3) is 0 Å². The van der Waals surface area contributed by atoms with Gasteiger partial charge in [-0.15, -0.1) is 0 Å². The average molecular weight is 523 g/mol. The van der Waals surface area contributed by atoms with Gasteiger partial charge >= 0.3 is 22.1 Å². The molecule has 0 radical (unpaired) electrons. The molecule has 3 rings (SSSR count). The molecule has 1 aliphatic carbocycles. The van der Waals surface area contributed by atoms with Crippen molar-refractivity contribution in [2.75, 3.05) is 26.6 Å². The highest BCUT2D eigenvalue weighted by Gasteiger charge is 2.41. The summed E-state index contributed by atoms with van der Waals surface area (Å²) in [6.45, 7) is 10.1. The summed E-state index contributed by atoms with van der Waals surface area (Å²) >= 11 is 0. The topological polar surface area (TPSA) is 114 Å². The van der Waals surface area contributed by atoms with Gasteiger partial charge in [-0.05, 0) is 80.9 Å². The van der Waals surface area contributed by atoms with Crippen molar-refractivity contribution in [2.45, 2.75) is 64.3 Å². The molecule has 0 spiro atoms. The number of hydrogen-bond acceptors (Lipinski definition) is 9. The number of ether oxygens (including phenoxy) is 4. The zero-order chi connectivity index (χ0) is 26.7. The first-order valence-corrected chi connectivity index (χ1v) is 13.6. The lowest BCUT2D eigenvalue weighted by Gasteiger charge is -2.24. The normalized spacial score (nSPS) is 20.0. The Morgan fingerprint density at radius 2 is 1.92 bits per heavy atom. The molecule has 1 heterocycles. The molecule has 0 saturated carbocycles. The highest BCUT2D eigenvalue weighted by molar-refractivity contribution is 7.86. The van der Waals surface area contributed by atoms with Crippen molar-refractivity contribution in [1.82, 2.24) is 0 Å². The van der Waals surface area contributed by atoms with Crippen LogP contribution in [0.2, 0.25) is 0 Å².